The van der Waals surface area contributed by atoms with Gasteiger partial charge in [0.25, 0.3) is 0 Å². The van der Waals surface area contributed by atoms with Crippen molar-refractivity contribution in [2.75, 3.05) is 19.9 Å². The van der Waals surface area contributed by atoms with E-state index in [-0.39, 0.29) is 17.6 Å². The topological polar surface area (TPSA) is 58.6 Å². The summed E-state index contributed by atoms with van der Waals surface area (Å²) in [5, 5.41) is 3.22. The lowest BCUT2D eigenvalue weighted by Crippen LogP contribution is -2.47. The summed E-state index contributed by atoms with van der Waals surface area (Å²) in [6.07, 6.45) is 0. The van der Waals surface area contributed by atoms with Crippen LogP contribution in [0.2, 0.25) is 5.02 Å². The Bertz CT molecular complexity index is 798. The second kappa shape index (κ2) is 11.0. The number of halogens is 1. The van der Waals surface area contributed by atoms with Crippen molar-refractivity contribution < 1.29 is 14.3 Å². The summed E-state index contributed by atoms with van der Waals surface area (Å²) in [6.45, 7) is 2.06. The van der Waals surface area contributed by atoms with Gasteiger partial charge < -0.3 is 15.0 Å². The van der Waals surface area contributed by atoms with Crippen LogP contribution >= 0.6 is 23.4 Å². The number of rotatable bonds is 9. The number of hydrogen-bond donors (Lipinski definition) is 1. The molecular weight excluding hydrogens is 396 g/mol. The van der Waals surface area contributed by atoms with E-state index < -0.39 is 6.04 Å². The van der Waals surface area contributed by atoms with Crippen LogP contribution in [-0.4, -0.2) is 42.7 Å². The van der Waals surface area contributed by atoms with Crippen LogP contribution < -0.4 is 10.1 Å². The average molecular weight is 421 g/mol. The summed E-state index contributed by atoms with van der Waals surface area (Å²) in [4.78, 5) is 26.6. The Morgan fingerprint density at radius 1 is 1.18 bits per heavy atom. The summed E-state index contributed by atoms with van der Waals surface area (Å²) in [5.41, 5.74) is 2.00. The van der Waals surface area contributed by atoms with Crippen molar-refractivity contribution in [1.82, 2.24) is 10.2 Å². The van der Waals surface area contributed by atoms with Crippen LogP contribution in [0.1, 0.15) is 18.1 Å². The third-order valence-corrected chi connectivity index (χ3v) is 5.53. The van der Waals surface area contributed by atoms with Gasteiger partial charge in [-0.25, -0.2) is 0 Å². The Morgan fingerprint density at radius 2 is 1.89 bits per heavy atom. The summed E-state index contributed by atoms with van der Waals surface area (Å²) < 4.78 is 5.15. The molecule has 0 aliphatic rings. The number of carbonyl (C=O) groups is 2. The van der Waals surface area contributed by atoms with Crippen molar-refractivity contribution in [1.29, 1.82) is 0 Å². The second-order valence-electron chi connectivity index (χ2n) is 6.28. The maximum atomic E-state index is 12.9. The maximum Gasteiger partial charge on any atom is 0.242 e. The maximum absolute atomic E-state index is 12.9. The molecule has 0 saturated heterocycles. The molecule has 2 aromatic rings. The molecule has 2 aromatic carbocycles. The molecule has 0 fully saturated rings. The number of thioether (sulfide) groups is 1. The van der Waals surface area contributed by atoms with Gasteiger partial charge in [-0.1, -0.05) is 35.9 Å². The fraction of sp³-hybridized carbons (Fsp3) is 0.333. The Morgan fingerprint density at radius 3 is 2.50 bits per heavy atom. The van der Waals surface area contributed by atoms with E-state index in [2.05, 4.69) is 5.32 Å². The number of hydrogen-bond acceptors (Lipinski definition) is 4. The molecular formula is C21H25ClN2O3S. The van der Waals surface area contributed by atoms with Crippen molar-refractivity contribution in [2.45, 2.75) is 25.3 Å². The fourth-order valence-electron chi connectivity index (χ4n) is 2.68. The van der Waals surface area contributed by atoms with Crippen molar-refractivity contribution in [3.8, 4) is 5.75 Å². The lowest BCUT2D eigenvalue weighted by atomic mass is 10.1. The predicted molar refractivity (Wildman–Crippen MR) is 115 cm³/mol. The van der Waals surface area contributed by atoms with Gasteiger partial charge in [-0.15, -0.1) is 11.8 Å². The monoisotopic (exact) mass is 420 g/mol. The Balaban J connectivity index is 2.01. The Labute approximate surface area is 175 Å². The van der Waals surface area contributed by atoms with Crippen molar-refractivity contribution in [3.63, 3.8) is 0 Å². The summed E-state index contributed by atoms with van der Waals surface area (Å²) in [6, 6.07) is 14.5. The summed E-state index contributed by atoms with van der Waals surface area (Å²) in [7, 11) is 3.20. The molecule has 0 unspecified atom stereocenters. The quantitative estimate of drug-likeness (QED) is 0.671. The van der Waals surface area contributed by atoms with Crippen LogP contribution in [0.5, 0.6) is 5.75 Å². The molecule has 150 valence electrons. The average Bonchev–Trinajstić information content (AvgIpc) is 2.71. The molecule has 0 aliphatic carbocycles. The van der Waals surface area contributed by atoms with Gasteiger partial charge in [0, 0.05) is 24.4 Å². The van der Waals surface area contributed by atoms with E-state index in [9.17, 15) is 9.59 Å². The standard InChI is InChI=1S/C21H25ClN2O3S/c1-15(21(26)23-2)24(12-17-5-4-6-18(22)11-17)20(25)14-28-13-16-7-9-19(27-3)10-8-16/h4-11,15H,12-14H2,1-3H3,(H,23,26)/t15-/m0/s1. The molecule has 0 saturated carbocycles. The van der Waals surface area contributed by atoms with Gasteiger partial charge in [0.2, 0.25) is 11.8 Å². The summed E-state index contributed by atoms with van der Waals surface area (Å²) in [5.74, 6) is 1.50. The van der Waals surface area contributed by atoms with E-state index in [1.807, 2.05) is 42.5 Å². The minimum atomic E-state index is -0.571. The van der Waals surface area contributed by atoms with Gasteiger partial charge >= 0.3 is 0 Å². The molecule has 0 bridgehead atoms. The van der Waals surface area contributed by atoms with E-state index in [1.54, 1.807) is 32.0 Å². The van der Waals surface area contributed by atoms with Gasteiger partial charge in [-0.3, -0.25) is 9.59 Å². The first-order valence-electron chi connectivity index (χ1n) is 8.90. The number of benzene rings is 2. The van der Waals surface area contributed by atoms with E-state index >= 15 is 0 Å². The molecule has 5 nitrogen and oxygen atoms in total. The van der Waals surface area contributed by atoms with Gasteiger partial charge in [-0.05, 0) is 42.3 Å². The van der Waals surface area contributed by atoms with Gasteiger partial charge in [0.05, 0.1) is 12.9 Å². The van der Waals surface area contributed by atoms with Crippen molar-refractivity contribution in [2.24, 2.45) is 0 Å². The van der Waals surface area contributed by atoms with Crippen LogP contribution in [0.15, 0.2) is 48.5 Å². The largest absolute Gasteiger partial charge is 0.497 e. The zero-order chi connectivity index (χ0) is 20.5. The molecule has 2 rings (SSSR count). The van der Waals surface area contributed by atoms with E-state index in [0.29, 0.717) is 17.3 Å². The van der Waals surface area contributed by atoms with Crippen LogP contribution in [0, 0.1) is 0 Å². The molecule has 0 spiro atoms. The number of methoxy groups -OCH3 is 1. The summed E-state index contributed by atoms with van der Waals surface area (Å²) >= 11 is 7.57. The molecule has 1 atom stereocenters. The molecule has 0 aromatic heterocycles. The lowest BCUT2D eigenvalue weighted by Gasteiger charge is -2.28. The molecule has 0 heterocycles. The first kappa shape index (κ1) is 22.1. The fourth-order valence-corrected chi connectivity index (χ4v) is 3.77. The first-order chi connectivity index (χ1) is 13.4. The van der Waals surface area contributed by atoms with Crippen molar-refractivity contribution in [3.05, 3.63) is 64.7 Å². The molecule has 0 aliphatic heterocycles. The lowest BCUT2D eigenvalue weighted by molar-refractivity contribution is -0.138. The minimum absolute atomic E-state index is 0.0883. The van der Waals surface area contributed by atoms with E-state index in [1.165, 1.54) is 11.8 Å². The van der Waals surface area contributed by atoms with Gasteiger partial charge in [0.15, 0.2) is 0 Å². The SMILES string of the molecule is CNC(=O)[C@H](C)N(Cc1cccc(Cl)c1)C(=O)CSCc1ccc(OC)cc1. The zero-order valence-electron chi connectivity index (χ0n) is 16.3. The normalized spacial score (nSPS) is 11.6. The van der Waals surface area contributed by atoms with Crippen LogP contribution in [0.4, 0.5) is 0 Å². The molecule has 7 heteroatoms. The molecule has 28 heavy (non-hydrogen) atoms. The highest BCUT2D eigenvalue weighted by molar-refractivity contribution is 7.99. The minimum Gasteiger partial charge on any atom is -0.497 e. The second-order valence-corrected chi connectivity index (χ2v) is 7.70. The van der Waals surface area contributed by atoms with Crippen LogP contribution in [0.3, 0.4) is 0 Å². The number of likely N-dealkylation sites (N-methyl/N-ethyl adjacent to an activating group) is 1. The van der Waals surface area contributed by atoms with Crippen molar-refractivity contribution >= 4 is 35.2 Å². The Kier molecular flexibility index (Phi) is 8.67. The zero-order valence-corrected chi connectivity index (χ0v) is 17.8. The number of nitrogens with zero attached hydrogens (tertiary/aromatic N) is 1. The van der Waals surface area contributed by atoms with E-state index in [0.717, 1.165) is 16.9 Å². The highest BCUT2D eigenvalue weighted by atomic mass is 35.5. The highest BCUT2D eigenvalue weighted by Crippen LogP contribution is 2.19. The van der Waals surface area contributed by atoms with Crippen LogP contribution in [-0.2, 0) is 21.9 Å². The number of carbonyl (C=O) groups excluding carboxylic acids is 2. The third kappa shape index (κ3) is 6.46. The first-order valence-corrected chi connectivity index (χ1v) is 10.4. The molecule has 2 amide bonds. The smallest absolute Gasteiger partial charge is 0.242 e. The molecule has 1 N–H and O–H groups in total. The number of ether oxygens (including phenoxy) is 1. The molecule has 0 radical (unpaired) electrons. The number of amides is 2. The Hall–Kier alpha value is -2.18. The van der Waals surface area contributed by atoms with Crippen LogP contribution in [0.25, 0.3) is 0 Å². The number of nitrogens with one attached hydrogen (secondary N) is 1. The third-order valence-electron chi connectivity index (χ3n) is 4.31. The van der Waals surface area contributed by atoms with Gasteiger partial charge in [-0.2, -0.15) is 0 Å². The van der Waals surface area contributed by atoms with Gasteiger partial charge in [0.1, 0.15) is 11.8 Å². The van der Waals surface area contributed by atoms with E-state index in [4.69, 9.17) is 16.3 Å². The highest BCUT2D eigenvalue weighted by Gasteiger charge is 2.25. The predicted octanol–water partition coefficient (Wildman–Crippen LogP) is 3.75.